The second-order valence-corrected chi connectivity index (χ2v) is 8.15. The number of phenolic OH excluding ortho intramolecular Hbond substituents is 3. The minimum Gasteiger partial charge on any atom is -0.504 e. The minimum absolute atomic E-state index is 0.279. The van der Waals surface area contributed by atoms with Crippen molar-refractivity contribution in [3.05, 3.63) is 29.3 Å². The van der Waals surface area contributed by atoms with Gasteiger partial charge < -0.3 is 49.6 Å². The van der Waals surface area contributed by atoms with Crippen LogP contribution in [0.1, 0.15) is 29.6 Å². The van der Waals surface area contributed by atoms with Crippen LogP contribution in [0.25, 0.3) is 0 Å². The highest BCUT2D eigenvalue weighted by atomic mass is 16.7. The fraction of sp³-hybridized carbons (Fsp3) is 0.524. The van der Waals surface area contributed by atoms with Crippen LogP contribution in [0, 0.1) is 0 Å². The fourth-order valence-corrected chi connectivity index (χ4v) is 4.05. The number of carbonyl (C=O) groups excluding carboxylic acids is 2. The summed E-state index contributed by atoms with van der Waals surface area (Å²) >= 11 is 0. The summed E-state index contributed by atoms with van der Waals surface area (Å²) in [6.07, 6.45) is -5.44. The second-order valence-electron chi connectivity index (χ2n) is 8.15. The molecule has 6 N–H and O–H groups in total. The molecule has 1 saturated carbocycles. The van der Waals surface area contributed by atoms with Gasteiger partial charge in [-0.15, -0.1) is 0 Å². The van der Waals surface area contributed by atoms with Crippen LogP contribution in [0.2, 0.25) is 0 Å². The Morgan fingerprint density at radius 1 is 1.06 bits per heavy atom. The van der Waals surface area contributed by atoms with E-state index in [0.29, 0.717) is 19.3 Å². The molecule has 0 spiro atoms. The van der Waals surface area contributed by atoms with E-state index < -0.39 is 78.7 Å². The van der Waals surface area contributed by atoms with Crippen molar-refractivity contribution in [3.8, 4) is 17.2 Å². The van der Waals surface area contributed by atoms with E-state index in [1.807, 2.05) is 0 Å². The van der Waals surface area contributed by atoms with E-state index in [2.05, 4.69) is 0 Å². The first-order valence-electron chi connectivity index (χ1n) is 10.3. The molecule has 33 heavy (non-hydrogen) atoms. The third-order valence-corrected chi connectivity index (χ3v) is 5.89. The molecule has 2 aliphatic heterocycles. The normalized spacial score (nSPS) is 33.7. The van der Waals surface area contributed by atoms with Gasteiger partial charge in [-0.3, -0.25) is 0 Å². The molecule has 180 valence electrons. The molecular formula is C21H24O12. The van der Waals surface area contributed by atoms with E-state index in [9.17, 15) is 40.2 Å². The van der Waals surface area contributed by atoms with Gasteiger partial charge in [0.25, 0.3) is 0 Å². The molecule has 1 aliphatic carbocycles. The Morgan fingerprint density at radius 3 is 2.45 bits per heavy atom. The molecule has 0 unspecified atom stereocenters. The van der Waals surface area contributed by atoms with E-state index in [1.54, 1.807) is 0 Å². The van der Waals surface area contributed by atoms with Gasteiger partial charge in [-0.1, -0.05) is 0 Å². The van der Waals surface area contributed by atoms with Crippen LogP contribution in [-0.2, 0) is 23.7 Å². The number of aliphatic hydroxyl groups is 3. The van der Waals surface area contributed by atoms with Crippen molar-refractivity contribution in [2.24, 2.45) is 0 Å². The lowest BCUT2D eigenvalue weighted by Gasteiger charge is -2.42. The topological polar surface area (TPSA) is 192 Å². The molecule has 2 fully saturated rings. The van der Waals surface area contributed by atoms with Crippen molar-refractivity contribution in [1.29, 1.82) is 0 Å². The number of hydrogen-bond donors (Lipinski definition) is 6. The summed E-state index contributed by atoms with van der Waals surface area (Å²) in [5, 5.41) is 59.1. The molecule has 0 radical (unpaired) electrons. The maximum atomic E-state index is 12.2. The number of fused-ring (bicyclic) bond motifs is 1. The van der Waals surface area contributed by atoms with E-state index in [0.717, 1.165) is 17.7 Å². The van der Waals surface area contributed by atoms with Gasteiger partial charge in [-0.05, 0) is 30.5 Å². The quantitative estimate of drug-likeness (QED) is 0.233. The van der Waals surface area contributed by atoms with Crippen molar-refractivity contribution in [3.63, 3.8) is 0 Å². The largest absolute Gasteiger partial charge is 0.504 e. The summed E-state index contributed by atoms with van der Waals surface area (Å²) in [7, 11) is 0. The monoisotopic (exact) mass is 468 g/mol. The first-order valence-corrected chi connectivity index (χ1v) is 10.3. The highest BCUT2D eigenvalue weighted by molar-refractivity contribution is 5.91. The minimum atomic E-state index is -1.66. The zero-order chi connectivity index (χ0) is 23.9. The highest BCUT2D eigenvalue weighted by Crippen LogP contribution is 2.36. The van der Waals surface area contributed by atoms with Gasteiger partial charge in [0.15, 0.2) is 23.5 Å². The van der Waals surface area contributed by atoms with Crippen molar-refractivity contribution in [2.45, 2.75) is 62.2 Å². The number of aliphatic hydroxyl groups excluding tert-OH is 3. The molecule has 0 bridgehead atoms. The lowest BCUT2D eigenvalue weighted by molar-refractivity contribution is -0.313. The van der Waals surface area contributed by atoms with E-state index in [1.165, 1.54) is 6.08 Å². The van der Waals surface area contributed by atoms with Gasteiger partial charge in [-0.2, -0.15) is 0 Å². The van der Waals surface area contributed by atoms with Crippen LogP contribution in [0.4, 0.5) is 0 Å². The average Bonchev–Trinajstić information content (AvgIpc) is 3.15. The fourth-order valence-electron chi connectivity index (χ4n) is 4.05. The number of ether oxygens (including phenoxy) is 4. The van der Waals surface area contributed by atoms with Crippen LogP contribution in [0.5, 0.6) is 17.2 Å². The second kappa shape index (κ2) is 9.15. The number of aromatic hydroxyl groups is 3. The Bertz CT molecular complexity index is 936. The summed E-state index contributed by atoms with van der Waals surface area (Å²) in [5.41, 5.74) is 0.593. The summed E-state index contributed by atoms with van der Waals surface area (Å²) in [6, 6.07) is 1.75. The molecule has 12 nitrogen and oxygen atoms in total. The van der Waals surface area contributed by atoms with Gasteiger partial charge in [0.2, 0.25) is 0 Å². The summed E-state index contributed by atoms with van der Waals surface area (Å²) < 4.78 is 21.6. The molecule has 4 rings (SSSR count). The van der Waals surface area contributed by atoms with Gasteiger partial charge in [0, 0.05) is 12.5 Å². The lowest BCUT2D eigenvalue weighted by Crippen LogP contribution is -2.60. The Balaban J connectivity index is 1.37. The molecule has 0 amide bonds. The molecule has 7 atom stereocenters. The zero-order valence-corrected chi connectivity index (χ0v) is 17.2. The van der Waals surface area contributed by atoms with E-state index >= 15 is 0 Å². The first kappa shape index (κ1) is 23.3. The van der Waals surface area contributed by atoms with E-state index in [-0.39, 0.29) is 5.56 Å². The predicted molar refractivity (Wildman–Crippen MR) is 105 cm³/mol. The Hall–Kier alpha value is -2.90. The van der Waals surface area contributed by atoms with Crippen molar-refractivity contribution in [2.75, 3.05) is 6.61 Å². The third-order valence-electron chi connectivity index (χ3n) is 5.89. The summed E-state index contributed by atoms with van der Waals surface area (Å²) in [6.45, 7) is -0.552. The lowest BCUT2D eigenvalue weighted by atomic mass is 9.90. The molecular weight excluding hydrogens is 444 g/mol. The van der Waals surface area contributed by atoms with Gasteiger partial charge in [-0.25, -0.2) is 9.59 Å². The maximum absolute atomic E-state index is 12.2. The van der Waals surface area contributed by atoms with Gasteiger partial charge >= 0.3 is 11.9 Å². The molecule has 3 aliphatic rings. The van der Waals surface area contributed by atoms with Crippen molar-refractivity contribution < 1.29 is 59.2 Å². The molecule has 1 aromatic rings. The molecule has 1 saturated heterocycles. The first-order chi connectivity index (χ1) is 15.6. The number of rotatable bonds is 5. The van der Waals surface area contributed by atoms with Crippen LogP contribution >= 0.6 is 0 Å². The average molecular weight is 468 g/mol. The number of esters is 2. The number of carbonyl (C=O) groups is 2. The van der Waals surface area contributed by atoms with Crippen LogP contribution in [0.15, 0.2) is 23.8 Å². The van der Waals surface area contributed by atoms with E-state index in [4.69, 9.17) is 18.9 Å². The van der Waals surface area contributed by atoms with Crippen LogP contribution < -0.4 is 0 Å². The third kappa shape index (κ3) is 4.75. The van der Waals surface area contributed by atoms with Gasteiger partial charge in [0.05, 0.1) is 11.7 Å². The van der Waals surface area contributed by atoms with Crippen LogP contribution in [-0.4, -0.2) is 92.1 Å². The Labute approximate surface area is 187 Å². The zero-order valence-electron chi connectivity index (χ0n) is 17.2. The van der Waals surface area contributed by atoms with Gasteiger partial charge in [0.1, 0.15) is 37.1 Å². The SMILES string of the molecule is O=C1C=C2CC[C@H](O[C@@H]3O[C@H](COC(=O)c4cc(O)c(O)c(O)c4)[C@H](O)[C@H](O)[C@H]3O)C[C@@H]2O1. The van der Waals surface area contributed by atoms with Crippen LogP contribution in [0.3, 0.4) is 0 Å². The number of benzene rings is 1. The number of phenols is 3. The molecule has 2 heterocycles. The van der Waals surface area contributed by atoms with Crippen molar-refractivity contribution >= 4 is 11.9 Å². The molecule has 1 aromatic carbocycles. The summed E-state index contributed by atoms with van der Waals surface area (Å²) in [4.78, 5) is 23.7. The maximum Gasteiger partial charge on any atom is 0.338 e. The van der Waals surface area contributed by atoms with Crippen molar-refractivity contribution in [1.82, 2.24) is 0 Å². The Morgan fingerprint density at radius 2 is 1.76 bits per heavy atom. The summed E-state index contributed by atoms with van der Waals surface area (Å²) in [5.74, 6) is -3.69. The highest BCUT2D eigenvalue weighted by Gasteiger charge is 2.46. The predicted octanol–water partition coefficient (Wildman–Crippen LogP) is -0.811. The standard InChI is InChI=1S/C21H24O12/c22-11-3-9(4-12(23)16(11)25)20(29)30-7-14-17(26)18(27)19(28)21(33-14)31-10-2-1-8-5-15(24)32-13(8)6-10/h3-5,10,13-14,17-19,21-23,25-28H,1-2,6-7H2/t10-,13-,14+,17-,18-,19+,21+/m0/s1. The molecule has 0 aromatic heterocycles. The smallest absolute Gasteiger partial charge is 0.338 e. The Kier molecular flexibility index (Phi) is 6.45. The number of hydrogen-bond acceptors (Lipinski definition) is 12. The molecule has 12 heteroatoms.